The fourth-order valence-corrected chi connectivity index (χ4v) is 5.09. The van der Waals surface area contributed by atoms with Gasteiger partial charge >= 0.3 is 0 Å². The maximum atomic E-state index is 13.5. The van der Waals surface area contributed by atoms with Crippen molar-refractivity contribution in [2.75, 3.05) is 12.4 Å². The van der Waals surface area contributed by atoms with Crippen LogP contribution < -0.4 is 14.8 Å². The number of nitrogens with one attached hydrogen (secondary N) is 2. The van der Waals surface area contributed by atoms with E-state index in [1.807, 2.05) is 50.2 Å². The highest BCUT2D eigenvalue weighted by Gasteiger charge is 2.29. The van der Waals surface area contributed by atoms with Crippen LogP contribution in [0.2, 0.25) is 5.02 Å². The minimum atomic E-state index is -4.10. The predicted octanol–water partition coefficient (Wildman–Crippen LogP) is 5.31. The van der Waals surface area contributed by atoms with E-state index in [2.05, 4.69) is 10.0 Å². The summed E-state index contributed by atoms with van der Waals surface area (Å²) in [6, 6.07) is 18.4. The topological polar surface area (TPSA) is 84.5 Å². The molecule has 0 aliphatic carbocycles. The van der Waals surface area contributed by atoms with Gasteiger partial charge in [-0.05, 0) is 60.2 Å². The van der Waals surface area contributed by atoms with Crippen molar-refractivity contribution >= 4 is 33.2 Å². The van der Waals surface area contributed by atoms with E-state index in [1.54, 1.807) is 37.3 Å². The standard InChI is InChI=1S/C26H29ClN2O4S/c1-17(2)20-13-14-24(33-4)25(16-20)34(31,32)29-23(15-19-9-6-5-7-10-19)26(30)28-22-12-8-11-21(27)18(22)3/h5-14,16-17,23,29H,15H2,1-4H3,(H,28,30). The number of rotatable bonds is 9. The maximum absolute atomic E-state index is 13.5. The second-order valence-electron chi connectivity index (χ2n) is 8.33. The van der Waals surface area contributed by atoms with E-state index < -0.39 is 22.0 Å². The number of hydrogen-bond donors (Lipinski definition) is 2. The molecule has 8 heteroatoms. The molecule has 1 atom stereocenters. The van der Waals surface area contributed by atoms with E-state index in [0.29, 0.717) is 16.3 Å². The highest BCUT2D eigenvalue weighted by Crippen LogP contribution is 2.29. The molecule has 34 heavy (non-hydrogen) atoms. The summed E-state index contributed by atoms with van der Waals surface area (Å²) in [5.74, 6) is -0.160. The summed E-state index contributed by atoms with van der Waals surface area (Å²) >= 11 is 6.19. The molecule has 3 aromatic rings. The Kier molecular flexibility index (Phi) is 8.36. The molecule has 0 aromatic heterocycles. The van der Waals surface area contributed by atoms with Gasteiger partial charge < -0.3 is 10.1 Å². The summed E-state index contributed by atoms with van der Waals surface area (Å²) in [7, 11) is -2.68. The molecule has 0 aliphatic rings. The van der Waals surface area contributed by atoms with Gasteiger partial charge in [-0.1, -0.05) is 67.9 Å². The lowest BCUT2D eigenvalue weighted by atomic mass is 10.0. The van der Waals surface area contributed by atoms with Crippen molar-refractivity contribution in [3.05, 3.63) is 88.4 Å². The summed E-state index contributed by atoms with van der Waals surface area (Å²) in [5, 5.41) is 3.33. The van der Waals surface area contributed by atoms with E-state index in [1.165, 1.54) is 7.11 Å². The van der Waals surface area contributed by atoms with E-state index in [-0.39, 0.29) is 23.0 Å². The van der Waals surface area contributed by atoms with Crippen LogP contribution in [0, 0.1) is 6.92 Å². The summed E-state index contributed by atoms with van der Waals surface area (Å²) in [4.78, 5) is 13.3. The Balaban J connectivity index is 1.97. The zero-order valence-corrected chi connectivity index (χ0v) is 21.2. The Morgan fingerprint density at radius 2 is 1.74 bits per heavy atom. The first-order valence-electron chi connectivity index (χ1n) is 10.9. The van der Waals surface area contributed by atoms with Gasteiger partial charge in [-0.3, -0.25) is 4.79 Å². The van der Waals surface area contributed by atoms with Gasteiger partial charge in [0.15, 0.2) is 0 Å². The third-order valence-electron chi connectivity index (χ3n) is 5.57. The first-order valence-corrected chi connectivity index (χ1v) is 12.8. The lowest BCUT2D eigenvalue weighted by Gasteiger charge is -2.21. The van der Waals surface area contributed by atoms with Gasteiger partial charge in [0, 0.05) is 10.7 Å². The number of anilines is 1. The molecule has 1 unspecified atom stereocenters. The molecular weight excluding hydrogens is 472 g/mol. The SMILES string of the molecule is COc1ccc(C(C)C)cc1S(=O)(=O)NC(Cc1ccccc1)C(=O)Nc1cccc(Cl)c1C. The van der Waals surface area contributed by atoms with Crippen LogP contribution in [0.25, 0.3) is 0 Å². The summed E-state index contributed by atoms with van der Waals surface area (Å²) in [5.41, 5.74) is 2.88. The molecule has 0 heterocycles. The zero-order chi connectivity index (χ0) is 24.9. The molecular formula is C26H29ClN2O4S. The van der Waals surface area contributed by atoms with Crippen LogP contribution in [0.5, 0.6) is 5.75 Å². The third kappa shape index (κ3) is 6.17. The minimum Gasteiger partial charge on any atom is -0.495 e. The van der Waals surface area contributed by atoms with Crippen molar-refractivity contribution in [1.82, 2.24) is 4.72 Å². The first kappa shape index (κ1) is 25.7. The fourth-order valence-electron chi connectivity index (χ4n) is 3.51. The Morgan fingerprint density at radius 1 is 1.03 bits per heavy atom. The Morgan fingerprint density at radius 3 is 2.38 bits per heavy atom. The van der Waals surface area contributed by atoms with Gasteiger partial charge in [0.2, 0.25) is 15.9 Å². The molecule has 180 valence electrons. The number of sulfonamides is 1. The number of hydrogen-bond acceptors (Lipinski definition) is 4. The van der Waals surface area contributed by atoms with E-state index in [4.69, 9.17) is 16.3 Å². The lowest BCUT2D eigenvalue weighted by Crippen LogP contribution is -2.45. The molecule has 6 nitrogen and oxygen atoms in total. The normalized spacial score (nSPS) is 12.4. The Hall–Kier alpha value is -2.87. The maximum Gasteiger partial charge on any atom is 0.245 e. The molecule has 0 radical (unpaired) electrons. The van der Waals surface area contributed by atoms with Crippen LogP contribution in [0.3, 0.4) is 0 Å². The Bertz CT molecular complexity index is 1260. The van der Waals surface area contributed by atoms with Crippen LogP contribution in [-0.4, -0.2) is 27.5 Å². The van der Waals surface area contributed by atoms with Crippen molar-refractivity contribution in [3.8, 4) is 5.75 Å². The van der Waals surface area contributed by atoms with E-state index in [0.717, 1.165) is 11.1 Å². The molecule has 0 saturated heterocycles. The molecule has 0 bridgehead atoms. The number of halogens is 1. The van der Waals surface area contributed by atoms with Gasteiger partial charge in [-0.2, -0.15) is 4.72 Å². The largest absolute Gasteiger partial charge is 0.495 e. The van der Waals surface area contributed by atoms with Crippen LogP contribution in [0.4, 0.5) is 5.69 Å². The molecule has 2 N–H and O–H groups in total. The number of methoxy groups -OCH3 is 1. The molecule has 0 fully saturated rings. The highest BCUT2D eigenvalue weighted by atomic mass is 35.5. The van der Waals surface area contributed by atoms with Gasteiger partial charge in [0.05, 0.1) is 7.11 Å². The van der Waals surface area contributed by atoms with Crippen molar-refractivity contribution in [2.45, 2.75) is 44.0 Å². The number of ether oxygens (including phenoxy) is 1. The quantitative estimate of drug-likeness (QED) is 0.417. The van der Waals surface area contributed by atoms with Crippen molar-refractivity contribution in [1.29, 1.82) is 0 Å². The molecule has 0 spiro atoms. The molecule has 3 rings (SSSR count). The summed E-state index contributed by atoms with van der Waals surface area (Å²) in [6.07, 6.45) is 0.164. The monoisotopic (exact) mass is 500 g/mol. The lowest BCUT2D eigenvalue weighted by molar-refractivity contribution is -0.117. The first-order chi connectivity index (χ1) is 16.1. The van der Waals surface area contributed by atoms with E-state index >= 15 is 0 Å². The van der Waals surface area contributed by atoms with Crippen molar-refractivity contribution < 1.29 is 17.9 Å². The van der Waals surface area contributed by atoms with Crippen molar-refractivity contribution in [3.63, 3.8) is 0 Å². The molecule has 1 amide bonds. The van der Waals surface area contributed by atoms with Gasteiger partial charge in [-0.15, -0.1) is 0 Å². The number of carbonyl (C=O) groups is 1. The van der Waals surface area contributed by atoms with Gasteiger partial charge in [0.25, 0.3) is 0 Å². The van der Waals surface area contributed by atoms with E-state index in [9.17, 15) is 13.2 Å². The van der Waals surface area contributed by atoms with Gasteiger partial charge in [0.1, 0.15) is 16.7 Å². The van der Waals surface area contributed by atoms with Crippen LogP contribution >= 0.6 is 11.6 Å². The Labute approximate surface area is 206 Å². The fraction of sp³-hybridized carbons (Fsp3) is 0.269. The second-order valence-corrected chi connectivity index (χ2v) is 10.4. The number of benzene rings is 3. The van der Waals surface area contributed by atoms with Crippen LogP contribution in [0.1, 0.15) is 36.5 Å². The zero-order valence-electron chi connectivity index (χ0n) is 19.6. The second kappa shape index (κ2) is 11.0. The predicted molar refractivity (Wildman–Crippen MR) is 136 cm³/mol. The summed E-state index contributed by atoms with van der Waals surface area (Å²) in [6.45, 7) is 5.74. The third-order valence-corrected chi connectivity index (χ3v) is 7.47. The summed E-state index contributed by atoms with van der Waals surface area (Å²) < 4.78 is 34.9. The average Bonchev–Trinajstić information content (AvgIpc) is 2.81. The average molecular weight is 501 g/mol. The van der Waals surface area contributed by atoms with Gasteiger partial charge in [-0.25, -0.2) is 8.42 Å². The minimum absolute atomic E-state index is 0.00834. The molecule has 3 aromatic carbocycles. The number of amides is 1. The number of carbonyl (C=O) groups excluding carboxylic acids is 1. The van der Waals surface area contributed by atoms with Crippen LogP contribution in [0.15, 0.2) is 71.6 Å². The molecule has 0 aliphatic heterocycles. The highest BCUT2D eigenvalue weighted by molar-refractivity contribution is 7.89. The smallest absolute Gasteiger partial charge is 0.245 e. The van der Waals surface area contributed by atoms with Crippen LogP contribution in [-0.2, 0) is 21.2 Å². The molecule has 0 saturated carbocycles. The van der Waals surface area contributed by atoms with Crippen molar-refractivity contribution in [2.24, 2.45) is 0 Å².